The van der Waals surface area contributed by atoms with Crippen molar-refractivity contribution in [3.63, 3.8) is 0 Å². The average Bonchev–Trinajstić information content (AvgIpc) is 2.60. The Morgan fingerprint density at radius 1 is 0.708 bits per heavy atom. The molecule has 0 unspecified atom stereocenters. The van der Waals surface area contributed by atoms with E-state index in [1.807, 2.05) is 60.7 Å². The summed E-state index contributed by atoms with van der Waals surface area (Å²) in [6.07, 6.45) is -1.43. The van der Waals surface area contributed by atoms with Crippen LogP contribution in [0, 0.1) is 0 Å². The fourth-order valence-electron chi connectivity index (χ4n) is 3.50. The lowest BCUT2D eigenvalue weighted by Gasteiger charge is -2.42. The Morgan fingerprint density at radius 3 is 1.67 bits per heavy atom. The van der Waals surface area contributed by atoms with Crippen LogP contribution in [0.4, 0.5) is 0 Å². The Kier molecular flexibility index (Phi) is 5.63. The van der Waals surface area contributed by atoms with E-state index in [0.29, 0.717) is 25.9 Å². The minimum absolute atomic E-state index is 0.434. The first kappa shape index (κ1) is 17.1. The Bertz CT molecular complexity index is 578. The number of nitrogens with zero attached hydrogens (tertiary/aromatic N) is 1. The topological polar surface area (TPSA) is 63.9 Å². The van der Waals surface area contributed by atoms with Gasteiger partial charge in [0.1, 0.15) is 0 Å². The molecule has 4 heteroatoms. The Morgan fingerprint density at radius 2 is 1.17 bits per heavy atom. The summed E-state index contributed by atoms with van der Waals surface area (Å²) in [4.78, 5) is 2.07. The highest BCUT2D eigenvalue weighted by Gasteiger charge is 2.40. The molecular formula is C20H25NO3. The molecule has 0 heterocycles. The van der Waals surface area contributed by atoms with E-state index >= 15 is 0 Å². The van der Waals surface area contributed by atoms with E-state index in [2.05, 4.69) is 4.90 Å². The molecule has 128 valence electrons. The largest absolute Gasteiger partial charge is 0.391 e. The van der Waals surface area contributed by atoms with Gasteiger partial charge in [0.05, 0.1) is 24.4 Å². The molecule has 3 rings (SSSR count). The second-order valence-electron chi connectivity index (χ2n) is 6.57. The standard InChI is InChI=1S/C20H25NO3/c22-17-11-12-18(23)20(24)19(17)21(13-15-7-3-1-4-8-15)14-16-9-5-2-6-10-16/h1-10,17-20,22-24H,11-14H2/t17-,18-,19+,20-/m1/s1. The predicted octanol–water partition coefficient (Wildman–Crippen LogP) is 1.93. The number of benzene rings is 2. The smallest absolute Gasteiger partial charge is 0.0979 e. The summed E-state index contributed by atoms with van der Waals surface area (Å²) in [5.41, 5.74) is 2.24. The van der Waals surface area contributed by atoms with E-state index in [4.69, 9.17) is 0 Å². The number of rotatable bonds is 5. The zero-order chi connectivity index (χ0) is 16.9. The van der Waals surface area contributed by atoms with Crippen LogP contribution in [0.5, 0.6) is 0 Å². The molecule has 1 fully saturated rings. The molecule has 0 saturated heterocycles. The summed E-state index contributed by atoms with van der Waals surface area (Å²) in [6.45, 7) is 1.22. The van der Waals surface area contributed by atoms with Crippen molar-refractivity contribution in [2.24, 2.45) is 0 Å². The van der Waals surface area contributed by atoms with Crippen molar-refractivity contribution in [2.75, 3.05) is 0 Å². The lowest BCUT2D eigenvalue weighted by atomic mass is 9.86. The molecule has 0 bridgehead atoms. The maximum absolute atomic E-state index is 10.5. The van der Waals surface area contributed by atoms with Crippen molar-refractivity contribution in [3.05, 3.63) is 71.8 Å². The quantitative estimate of drug-likeness (QED) is 0.785. The second-order valence-corrected chi connectivity index (χ2v) is 6.57. The summed E-state index contributed by atoms with van der Waals surface area (Å²) in [6, 6.07) is 19.6. The van der Waals surface area contributed by atoms with Crippen LogP contribution in [0.15, 0.2) is 60.7 Å². The van der Waals surface area contributed by atoms with Gasteiger partial charge >= 0.3 is 0 Å². The third-order valence-electron chi connectivity index (χ3n) is 4.78. The van der Waals surface area contributed by atoms with Gasteiger partial charge in [-0.25, -0.2) is 0 Å². The predicted molar refractivity (Wildman–Crippen MR) is 93.2 cm³/mol. The molecule has 3 N–H and O–H groups in total. The van der Waals surface area contributed by atoms with Gasteiger partial charge in [-0.05, 0) is 24.0 Å². The molecule has 1 saturated carbocycles. The first-order valence-electron chi connectivity index (χ1n) is 8.51. The van der Waals surface area contributed by atoms with E-state index in [1.165, 1.54) is 0 Å². The van der Waals surface area contributed by atoms with Crippen LogP contribution in [0.1, 0.15) is 24.0 Å². The lowest BCUT2D eigenvalue weighted by molar-refractivity contribution is -0.117. The van der Waals surface area contributed by atoms with E-state index in [-0.39, 0.29) is 0 Å². The maximum Gasteiger partial charge on any atom is 0.0979 e. The highest BCUT2D eigenvalue weighted by atomic mass is 16.3. The highest BCUT2D eigenvalue weighted by Crippen LogP contribution is 2.27. The van der Waals surface area contributed by atoms with Crippen LogP contribution in [0.2, 0.25) is 0 Å². The van der Waals surface area contributed by atoms with Crippen molar-refractivity contribution in [3.8, 4) is 0 Å². The normalized spacial score (nSPS) is 27.3. The Balaban J connectivity index is 1.85. The van der Waals surface area contributed by atoms with Gasteiger partial charge in [0.25, 0.3) is 0 Å². The van der Waals surface area contributed by atoms with Gasteiger partial charge in [-0.3, -0.25) is 4.90 Å². The average molecular weight is 327 g/mol. The molecule has 0 spiro atoms. The van der Waals surface area contributed by atoms with E-state index in [0.717, 1.165) is 11.1 Å². The fraction of sp³-hybridized carbons (Fsp3) is 0.400. The summed E-state index contributed by atoms with van der Waals surface area (Å²) in [5.74, 6) is 0. The van der Waals surface area contributed by atoms with Crippen molar-refractivity contribution in [1.29, 1.82) is 0 Å². The zero-order valence-electron chi connectivity index (χ0n) is 13.7. The molecule has 0 amide bonds. The zero-order valence-corrected chi connectivity index (χ0v) is 13.7. The molecule has 24 heavy (non-hydrogen) atoms. The second kappa shape index (κ2) is 7.90. The molecule has 1 aliphatic rings. The van der Waals surface area contributed by atoms with Crippen molar-refractivity contribution < 1.29 is 15.3 Å². The SMILES string of the molecule is O[C@H]1[C@@H](N(Cc2ccccc2)Cc2ccccc2)[C@H](O)CC[C@H]1O. The Hall–Kier alpha value is -1.72. The molecular weight excluding hydrogens is 302 g/mol. The number of aliphatic hydroxyl groups excluding tert-OH is 3. The van der Waals surface area contributed by atoms with Crippen molar-refractivity contribution in [1.82, 2.24) is 4.90 Å². The summed E-state index contributed by atoms with van der Waals surface area (Å²) < 4.78 is 0. The van der Waals surface area contributed by atoms with Gasteiger partial charge in [0.15, 0.2) is 0 Å². The van der Waals surface area contributed by atoms with Gasteiger partial charge in [-0.1, -0.05) is 60.7 Å². The highest BCUT2D eigenvalue weighted by molar-refractivity contribution is 5.18. The summed E-state index contributed by atoms with van der Waals surface area (Å²) in [7, 11) is 0. The lowest BCUT2D eigenvalue weighted by Crippen LogP contribution is -2.57. The van der Waals surface area contributed by atoms with Gasteiger partial charge in [0.2, 0.25) is 0 Å². The van der Waals surface area contributed by atoms with E-state index < -0.39 is 24.4 Å². The van der Waals surface area contributed by atoms with E-state index in [1.54, 1.807) is 0 Å². The van der Waals surface area contributed by atoms with Gasteiger partial charge in [-0.15, -0.1) is 0 Å². The third-order valence-corrected chi connectivity index (χ3v) is 4.78. The van der Waals surface area contributed by atoms with Gasteiger partial charge in [0, 0.05) is 13.1 Å². The van der Waals surface area contributed by atoms with Crippen LogP contribution >= 0.6 is 0 Å². The van der Waals surface area contributed by atoms with Crippen LogP contribution < -0.4 is 0 Å². The molecule has 0 radical (unpaired) electrons. The molecule has 0 aliphatic heterocycles. The number of hydrogen-bond acceptors (Lipinski definition) is 4. The Labute approximate surface area is 143 Å². The van der Waals surface area contributed by atoms with Crippen LogP contribution in [-0.4, -0.2) is 44.6 Å². The number of hydrogen-bond donors (Lipinski definition) is 3. The molecule has 4 nitrogen and oxygen atoms in total. The van der Waals surface area contributed by atoms with Crippen molar-refractivity contribution >= 4 is 0 Å². The monoisotopic (exact) mass is 327 g/mol. The van der Waals surface area contributed by atoms with Crippen LogP contribution in [0.3, 0.4) is 0 Å². The van der Waals surface area contributed by atoms with Gasteiger partial charge < -0.3 is 15.3 Å². The fourth-order valence-corrected chi connectivity index (χ4v) is 3.50. The number of aliphatic hydroxyl groups is 3. The maximum atomic E-state index is 10.5. The van der Waals surface area contributed by atoms with Gasteiger partial charge in [-0.2, -0.15) is 0 Å². The van der Waals surface area contributed by atoms with Crippen LogP contribution in [0.25, 0.3) is 0 Å². The minimum Gasteiger partial charge on any atom is -0.391 e. The summed E-state index contributed by atoms with van der Waals surface area (Å²) >= 11 is 0. The molecule has 2 aromatic carbocycles. The molecule has 4 atom stereocenters. The summed E-state index contributed by atoms with van der Waals surface area (Å²) in [5, 5.41) is 31.0. The third kappa shape index (κ3) is 4.02. The minimum atomic E-state index is -0.943. The van der Waals surface area contributed by atoms with Crippen molar-refractivity contribution in [2.45, 2.75) is 50.3 Å². The first-order chi connectivity index (χ1) is 11.6. The van der Waals surface area contributed by atoms with Crippen LogP contribution in [-0.2, 0) is 13.1 Å². The molecule has 0 aromatic heterocycles. The van der Waals surface area contributed by atoms with E-state index in [9.17, 15) is 15.3 Å². The first-order valence-corrected chi connectivity index (χ1v) is 8.51. The molecule has 2 aromatic rings. The molecule has 1 aliphatic carbocycles.